The molecule has 1 aromatic heterocycles. The average molecular weight is 525 g/mol. The molecule has 1 aliphatic heterocycles. The van der Waals surface area contributed by atoms with E-state index in [-0.39, 0.29) is 17.7 Å². The highest BCUT2D eigenvalue weighted by Gasteiger charge is 2.31. The van der Waals surface area contributed by atoms with Gasteiger partial charge >= 0.3 is 11.7 Å². The molecule has 0 bridgehead atoms. The normalized spacial score (nSPS) is 15.6. The van der Waals surface area contributed by atoms with Crippen LogP contribution in [0.3, 0.4) is 0 Å². The van der Waals surface area contributed by atoms with Crippen molar-refractivity contribution in [2.24, 2.45) is 0 Å². The van der Waals surface area contributed by atoms with Crippen LogP contribution < -0.4 is 10.6 Å². The van der Waals surface area contributed by atoms with Crippen molar-refractivity contribution in [1.29, 1.82) is 0 Å². The first kappa shape index (κ1) is 26.5. The molecule has 1 saturated heterocycles. The molecule has 3 aromatic carbocycles. The van der Waals surface area contributed by atoms with Gasteiger partial charge in [-0.05, 0) is 55.7 Å². The Bertz CT molecular complexity index is 1450. The number of hydrogen-bond acceptors (Lipinski definition) is 5. The number of nitrogens with zero attached hydrogens (tertiary/aromatic N) is 4. The van der Waals surface area contributed by atoms with E-state index in [1.54, 1.807) is 9.13 Å². The van der Waals surface area contributed by atoms with Crippen LogP contribution in [-0.4, -0.2) is 52.8 Å². The van der Waals surface area contributed by atoms with Crippen LogP contribution in [0.1, 0.15) is 42.6 Å². The maximum atomic E-state index is 13.3. The summed E-state index contributed by atoms with van der Waals surface area (Å²) in [6.45, 7) is 9.39. The van der Waals surface area contributed by atoms with Crippen LogP contribution in [0, 0.1) is 6.92 Å². The van der Waals surface area contributed by atoms with Gasteiger partial charge in [-0.15, -0.1) is 0 Å². The largest absolute Gasteiger partial charge is 0.465 e. The molecule has 2 heterocycles. The minimum Gasteiger partial charge on any atom is -0.465 e. The Labute approximate surface area is 229 Å². The number of carbonyl (C=O) groups is 1. The van der Waals surface area contributed by atoms with Gasteiger partial charge < -0.3 is 9.64 Å². The molecule has 2 atom stereocenters. The number of anilines is 1. The van der Waals surface area contributed by atoms with E-state index in [2.05, 4.69) is 21.9 Å². The van der Waals surface area contributed by atoms with Gasteiger partial charge in [-0.1, -0.05) is 60.7 Å². The lowest BCUT2D eigenvalue weighted by Gasteiger charge is -2.39. The fourth-order valence-corrected chi connectivity index (χ4v) is 5.46. The Balaban J connectivity index is 1.30. The van der Waals surface area contributed by atoms with Gasteiger partial charge in [0.15, 0.2) is 0 Å². The zero-order valence-electron chi connectivity index (χ0n) is 22.9. The maximum absolute atomic E-state index is 13.3. The van der Waals surface area contributed by atoms with Gasteiger partial charge in [-0.2, -0.15) is 0 Å². The molecular weight excluding hydrogens is 488 g/mol. The van der Waals surface area contributed by atoms with Crippen molar-refractivity contribution in [3.8, 4) is 5.69 Å². The van der Waals surface area contributed by atoms with Crippen molar-refractivity contribution >= 4 is 11.7 Å². The topological polar surface area (TPSA) is 59.7 Å². The predicted octanol–water partition coefficient (Wildman–Crippen LogP) is 4.98. The molecular formula is C32H36N4O3. The quantitative estimate of drug-likeness (QED) is 0.304. The second-order valence-electron chi connectivity index (χ2n) is 10.0. The van der Waals surface area contributed by atoms with Crippen LogP contribution in [0.2, 0.25) is 0 Å². The third kappa shape index (κ3) is 5.54. The van der Waals surface area contributed by atoms with E-state index in [0.717, 1.165) is 54.2 Å². The Hall–Kier alpha value is -4.10. The molecule has 0 radical (unpaired) electrons. The number of aromatic nitrogens is 2. The van der Waals surface area contributed by atoms with Crippen molar-refractivity contribution in [1.82, 2.24) is 14.0 Å². The molecule has 1 unspecified atom stereocenters. The van der Waals surface area contributed by atoms with Crippen molar-refractivity contribution in [3.05, 3.63) is 118 Å². The molecule has 1 fully saturated rings. The highest BCUT2D eigenvalue weighted by Crippen LogP contribution is 2.27. The summed E-state index contributed by atoms with van der Waals surface area (Å²) in [7, 11) is 0. The van der Waals surface area contributed by atoms with Gasteiger partial charge in [0.1, 0.15) is 6.04 Å². The number of rotatable bonds is 8. The number of benzene rings is 3. The number of piperazine rings is 1. The number of ether oxygens (including phenoxy) is 1. The molecule has 202 valence electrons. The third-order valence-corrected chi connectivity index (χ3v) is 7.61. The predicted molar refractivity (Wildman–Crippen MR) is 155 cm³/mol. The standard InChI is InChI=1S/C32H36N4O3/c1-4-39-31(37)30(27-13-9-6-10-14-27)34-19-17-33(18-20-34)28-15-16-29(24(2)23-28)36-22-21-35(32(36)38)25(3)26-11-7-5-8-12-26/h5-16,21-23,25,30H,4,17-20H2,1-3H3/t25-,30?/m1/s1. The van der Waals surface area contributed by atoms with Crippen LogP contribution in [0.4, 0.5) is 5.69 Å². The average Bonchev–Trinajstić information content (AvgIpc) is 3.35. The van der Waals surface area contributed by atoms with Gasteiger partial charge in [0.2, 0.25) is 0 Å². The summed E-state index contributed by atoms with van der Waals surface area (Å²) >= 11 is 0. The monoisotopic (exact) mass is 524 g/mol. The summed E-state index contributed by atoms with van der Waals surface area (Å²) in [5.41, 5.74) is 5.04. The number of imidazole rings is 1. The highest BCUT2D eigenvalue weighted by molar-refractivity contribution is 5.77. The number of hydrogen-bond donors (Lipinski definition) is 0. The second-order valence-corrected chi connectivity index (χ2v) is 10.0. The summed E-state index contributed by atoms with van der Waals surface area (Å²) in [4.78, 5) is 30.7. The number of esters is 1. The van der Waals surface area contributed by atoms with Crippen LogP contribution in [0.5, 0.6) is 0 Å². The Kier molecular flexibility index (Phi) is 7.98. The number of carbonyl (C=O) groups excluding carboxylic acids is 1. The summed E-state index contributed by atoms with van der Waals surface area (Å²) in [6, 6.07) is 25.7. The first-order valence-electron chi connectivity index (χ1n) is 13.6. The van der Waals surface area contributed by atoms with E-state index in [1.807, 2.05) is 99.9 Å². The van der Waals surface area contributed by atoms with Crippen molar-refractivity contribution in [3.63, 3.8) is 0 Å². The molecule has 39 heavy (non-hydrogen) atoms. The second kappa shape index (κ2) is 11.7. The molecule has 0 saturated carbocycles. The molecule has 5 rings (SSSR count). The lowest BCUT2D eigenvalue weighted by atomic mass is 10.0. The molecule has 7 nitrogen and oxygen atoms in total. The van der Waals surface area contributed by atoms with Crippen LogP contribution in [0.25, 0.3) is 5.69 Å². The zero-order valence-corrected chi connectivity index (χ0v) is 22.9. The fraction of sp³-hybridized carbons (Fsp3) is 0.312. The smallest absolute Gasteiger partial charge is 0.333 e. The molecule has 0 aliphatic carbocycles. The lowest BCUT2D eigenvalue weighted by Crippen LogP contribution is -2.49. The lowest BCUT2D eigenvalue weighted by molar-refractivity contribution is -0.150. The molecule has 1 aliphatic rings. The van der Waals surface area contributed by atoms with Crippen molar-refractivity contribution < 1.29 is 9.53 Å². The van der Waals surface area contributed by atoms with E-state index >= 15 is 0 Å². The first-order valence-corrected chi connectivity index (χ1v) is 13.6. The summed E-state index contributed by atoms with van der Waals surface area (Å²) in [6.07, 6.45) is 3.71. The molecule has 0 amide bonds. The van der Waals surface area contributed by atoms with Crippen molar-refractivity contribution in [2.75, 3.05) is 37.7 Å². The summed E-state index contributed by atoms with van der Waals surface area (Å²) in [5.74, 6) is -0.198. The van der Waals surface area contributed by atoms with Crippen molar-refractivity contribution in [2.45, 2.75) is 32.9 Å². The highest BCUT2D eigenvalue weighted by atomic mass is 16.5. The summed E-state index contributed by atoms with van der Waals surface area (Å²) in [5, 5.41) is 0. The zero-order chi connectivity index (χ0) is 27.4. The van der Waals surface area contributed by atoms with E-state index in [1.165, 1.54) is 0 Å². The minimum absolute atomic E-state index is 0.0508. The van der Waals surface area contributed by atoms with Crippen LogP contribution >= 0.6 is 0 Å². The van der Waals surface area contributed by atoms with E-state index in [9.17, 15) is 9.59 Å². The molecule has 7 heteroatoms. The van der Waals surface area contributed by atoms with E-state index < -0.39 is 6.04 Å². The van der Waals surface area contributed by atoms with Crippen LogP contribution in [-0.2, 0) is 9.53 Å². The van der Waals surface area contributed by atoms with Gasteiger partial charge in [-0.25, -0.2) is 9.59 Å². The maximum Gasteiger partial charge on any atom is 0.333 e. The molecule has 0 N–H and O–H groups in total. The SMILES string of the molecule is CCOC(=O)C(c1ccccc1)N1CCN(c2ccc(-n3ccn([C@H](C)c4ccccc4)c3=O)c(C)c2)CC1. The minimum atomic E-state index is -0.397. The van der Waals surface area contributed by atoms with E-state index in [4.69, 9.17) is 4.74 Å². The van der Waals surface area contributed by atoms with E-state index in [0.29, 0.717) is 6.61 Å². The Morgan fingerprint density at radius 1 is 0.872 bits per heavy atom. The fourth-order valence-electron chi connectivity index (χ4n) is 5.46. The number of aryl methyl sites for hydroxylation is 1. The Morgan fingerprint density at radius 2 is 1.51 bits per heavy atom. The van der Waals surface area contributed by atoms with Gasteiger partial charge in [0.05, 0.1) is 18.3 Å². The molecule has 0 spiro atoms. The summed E-state index contributed by atoms with van der Waals surface area (Å²) < 4.78 is 8.92. The first-order chi connectivity index (χ1) is 19.0. The van der Waals surface area contributed by atoms with Crippen LogP contribution in [0.15, 0.2) is 96.1 Å². The molecule has 4 aromatic rings. The Morgan fingerprint density at radius 3 is 2.13 bits per heavy atom. The van der Waals surface area contributed by atoms with Gasteiger partial charge in [-0.3, -0.25) is 14.0 Å². The van der Waals surface area contributed by atoms with Gasteiger partial charge in [0.25, 0.3) is 0 Å². The third-order valence-electron chi connectivity index (χ3n) is 7.61. The van der Waals surface area contributed by atoms with Gasteiger partial charge in [0, 0.05) is 44.3 Å².